The lowest BCUT2D eigenvalue weighted by atomic mass is 9.71. The Bertz CT molecular complexity index is 1940. The maximum Gasteiger partial charge on any atom is 0.187 e. The Morgan fingerprint density at radius 2 is 0.848 bits per heavy atom. The lowest BCUT2D eigenvalue weighted by Crippen LogP contribution is -2.60. The summed E-state index contributed by atoms with van der Waals surface area (Å²) in [6, 6.07) is 0. The molecule has 0 aromatic rings. The number of Topliss-reactive ketones (excluding diaryl/α,β-unsaturated/α-hetero) is 2. The molecule has 0 radical (unpaired) electrons. The first-order valence-corrected chi connectivity index (χ1v) is 22.4. The van der Waals surface area contributed by atoms with Crippen molar-refractivity contribution in [3.63, 3.8) is 0 Å². The van der Waals surface area contributed by atoms with Gasteiger partial charge in [0.25, 0.3) is 0 Å². The zero-order valence-corrected chi connectivity index (χ0v) is 39.9. The molecule has 12 unspecified atom stereocenters. The first-order valence-electron chi connectivity index (χ1n) is 22.4. The van der Waals surface area contributed by atoms with Gasteiger partial charge >= 0.3 is 0 Å². The van der Waals surface area contributed by atoms with Gasteiger partial charge in [-0.1, -0.05) is 135 Å². The number of allylic oxidation sites excluding steroid dienone is 20. The molecule has 2 saturated heterocycles. The summed E-state index contributed by atoms with van der Waals surface area (Å²) in [6.07, 6.45) is 11.8. The van der Waals surface area contributed by atoms with Gasteiger partial charge in [0.05, 0.1) is 13.2 Å². The molecule has 0 spiro atoms. The van der Waals surface area contributed by atoms with Crippen molar-refractivity contribution in [2.45, 2.75) is 156 Å². The van der Waals surface area contributed by atoms with Gasteiger partial charge < -0.3 is 59.8 Å². The second kappa shape index (κ2) is 23.8. The molecule has 66 heavy (non-hydrogen) atoms. The van der Waals surface area contributed by atoms with E-state index >= 15 is 0 Å². The standard InChI is InChI=1S/C52H72O14/c1-29(17-13-19-31(3)21-23-35-33(5)41(55)37(25-51(35,7)8)63-49-47(61)45(59)43(57)39(27-53)65-49)15-11-12-16-30(2)18-14-20-32(4)22-24-36-34(6)42(56)38(26-52(36,9)10)64-50-48(62)46(60)44(58)40(28-54)66-50/h11-24,37-40,43-50,53-54,57-62H,25-28H2,1-10H3. The zero-order chi connectivity index (χ0) is 49.3. The zero-order valence-electron chi connectivity index (χ0n) is 39.9. The highest BCUT2D eigenvalue weighted by Crippen LogP contribution is 2.43. The minimum Gasteiger partial charge on any atom is -0.394 e. The van der Waals surface area contributed by atoms with Crippen molar-refractivity contribution in [2.75, 3.05) is 13.2 Å². The normalized spacial score (nSPS) is 34.5. The highest BCUT2D eigenvalue weighted by atomic mass is 16.7. The molecule has 2 aliphatic carbocycles. The van der Waals surface area contributed by atoms with Crippen molar-refractivity contribution in [1.29, 1.82) is 0 Å². The van der Waals surface area contributed by atoms with Gasteiger partial charge in [0.2, 0.25) is 0 Å². The molecule has 4 aliphatic rings. The Morgan fingerprint density at radius 3 is 1.18 bits per heavy atom. The molecular weight excluding hydrogens is 849 g/mol. The van der Waals surface area contributed by atoms with Crippen molar-refractivity contribution >= 4 is 11.6 Å². The van der Waals surface area contributed by atoms with Crippen molar-refractivity contribution in [3.05, 3.63) is 130 Å². The molecule has 0 bridgehead atoms. The summed E-state index contributed by atoms with van der Waals surface area (Å²) in [5.74, 6) is -0.534. The molecule has 14 nitrogen and oxygen atoms in total. The number of hydrogen-bond acceptors (Lipinski definition) is 14. The topological polar surface area (TPSA) is 233 Å². The number of carbonyl (C=O) groups is 2. The third kappa shape index (κ3) is 13.8. The number of carbonyl (C=O) groups excluding carboxylic acids is 2. The summed E-state index contributed by atoms with van der Waals surface area (Å²) in [7, 11) is 0. The third-order valence-corrected chi connectivity index (χ3v) is 12.6. The number of ketones is 2. The molecule has 12 atom stereocenters. The smallest absolute Gasteiger partial charge is 0.187 e. The highest BCUT2D eigenvalue weighted by Gasteiger charge is 2.49. The maximum absolute atomic E-state index is 13.4. The van der Waals surface area contributed by atoms with Gasteiger partial charge in [-0.25, -0.2) is 0 Å². The first kappa shape index (κ1) is 54.6. The summed E-state index contributed by atoms with van der Waals surface area (Å²) >= 11 is 0. The van der Waals surface area contributed by atoms with Crippen molar-refractivity contribution in [1.82, 2.24) is 0 Å². The van der Waals surface area contributed by atoms with Crippen LogP contribution in [0, 0.1) is 10.8 Å². The van der Waals surface area contributed by atoms with Crippen LogP contribution in [0.2, 0.25) is 0 Å². The Morgan fingerprint density at radius 1 is 0.530 bits per heavy atom. The van der Waals surface area contributed by atoms with Crippen LogP contribution in [-0.4, -0.2) is 139 Å². The second-order valence-electron chi connectivity index (χ2n) is 19.0. The van der Waals surface area contributed by atoms with Crippen molar-refractivity contribution in [3.8, 4) is 0 Å². The molecule has 0 saturated carbocycles. The average Bonchev–Trinajstić information content (AvgIpc) is 3.25. The van der Waals surface area contributed by atoms with E-state index in [2.05, 4.69) is 0 Å². The highest BCUT2D eigenvalue weighted by molar-refractivity contribution is 6.01. The van der Waals surface area contributed by atoms with E-state index in [0.29, 0.717) is 24.0 Å². The van der Waals surface area contributed by atoms with Crippen LogP contribution >= 0.6 is 0 Å². The van der Waals surface area contributed by atoms with E-state index < -0.39 is 97.7 Å². The van der Waals surface area contributed by atoms with Gasteiger partial charge in [-0.05, 0) is 87.5 Å². The molecule has 2 fully saturated rings. The lowest BCUT2D eigenvalue weighted by molar-refractivity contribution is -0.309. The maximum atomic E-state index is 13.4. The third-order valence-electron chi connectivity index (χ3n) is 12.6. The Balaban J connectivity index is 1.29. The van der Waals surface area contributed by atoms with Crippen LogP contribution < -0.4 is 0 Å². The van der Waals surface area contributed by atoms with E-state index in [1.54, 1.807) is 13.8 Å². The Kier molecular flexibility index (Phi) is 19.7. The quantitative estimate of drug-likeness (QED) is 0.0994. The summed E-state index contributed by atoms with van der Waals surface area (Å²) in [6.45, 7) is 18.2. The summed E-state index contributed by atoms with van der Waals surface area (Å²) < 4.78 is 22.7. The van der Waals surface area contributed by atoms with Gasteiger partial charge in [0.15, 0.2) is 24.1 Å². The monoisotopic (exact) mass is 920 g/mol. The van der Waals surface area contributed by atoms with Gasteiger partial charge in [-0.2, -0.15) is 0 Å². The Labute approximate surface area is 389 Å². The minimum atomic E-state index is -1.60. The van der Waals surface area contributed by atoms with Crippen LogP contribution in [0.25, 0.3) is 0 Å². The van der Waals surface area contributed by atoms with E-state index in [4.69, 9.17) is 18.9 Å². The van der Waals surface area contributed by atoms with E-state index in [9.17, 15) is 50.4 Å². The minimum absolute atomic E-state index is 0.267. The SMILES string of the molecule is CC(C=CC=C(C)C=CC1=C(C)C(=O)C(OC2OC(CO)C(O)C(O)C2O)CC1(C)C)=CC=CC=C(C)C=CC=C(C)C=CC1=C(C)C(=O)C(OC2OC(CO)C(O)C(O)C2O)CC1(C)C. The predicted molar refractivity (Wildman–Crippen MR) is 250 cm³/mol. The number of aliphatic hydroxyl groups excluding tert-OH is 8. The van der Waals surface area contributed by atoms with Crippen LogP contribution in [0.5, 0.6) is 0 Å². The van der Waals surface area contributed by atoms with Gasteiger partial charge in [-0.15, -0.1) is 0 Å². The Hall–Kier alpha value is -4.00. The van der Waals surface area contributed by atoms with E-state index in [1.807, 2.05) is 140 Å². The first-order chi connectivity index (χ1) is 30.9. The van der Waals surface area contributed by atoms with Crippen molar-refractivity contribution in [2.24, 2.45) is 10.8 Å². The molecule has 4 rings (SSSR count). The second-order valence-corrected chi connectivity index (χ2v) is 19.0. The van der Waals surface area contributed by atoms with E-state index in [-0.39, 0.29) is 11.6 Å². The van der Waals surface area contributed by atoms with Crippen molar-refractivity contribution < 1.29 is 69.4 Å². The molecule has 0 aromatic heterocycles. The van der Waals surface area contributed by atoms with E-state index in [0.717, 1.165) is 33.4 Å². The average molecular weight is 921 g/mol. The fourth-order valence-electron chi connectivity index (χ4n) is 8.47. The number of hydrogen-bond donors (Lipinski definition) is 8. The van der Waals surface area contributed by atoms with Crippen LogP contribution in [0.3, 0.4) is 0 Å². The summed E-state index contributed by atoms with van der Waals surface area (Å²) in [5, 5.41) is 80.4. The fraction of sp³-hybridized carbons (Fsp3) is 0.538. The van der Waals surface area contributed by atoms with E-state index in [1.165, 1.54) is 0 Å². The molecule has 8 N–H and O–H groups in total. The molecule has 0 amide bonds. The molecular formula is C52H72O14. The van der Waals surface area contributed by atoms with Crippen LogP contribution in [0.15, 0.2) is 130 Å². The predicted octanol–water partition coefficient (Wildman–Crippen LogP) is 4.55. The van der Waals surface area contributed by atoms with Gasteiger partial charge in [0, 0.05) is 0 Å². The van der Waals surface area contributed by atoms with Crippen LogP contribution in [-0.2, 0) is 28.5 Å². The molecule has 364 valence electrons. The number of ether oxygens (including phenoxy) is 4. The summed E-state index contributed by atoms with van der Waals surface area (Å²) in [5.41, 5.74) is 5.81. The largest absolute Gasteiger partial charge is 0.394 e. The number of rotatable bonds is 16. The lowest BCUT2D eigenvalue weighted by Gasteiger charge is -2.43. The number of aliphatic hydroxyl groups is 8. The van der Waals surface area contributed by atoms with Gasteiger partial charge in [0.1, 0.15) is 61.0 Å². The summed E-state index contributed by atoms with van der Waals surface area (Å²) in [4.78, 5) is 26.8. The molecule has 2 aliphatic heterocycles. The fourth-order valence-corrected chi connectivity index (χ4v) is 8.47. The molecule has 2 heterocycles. The molecule has 0 aromatic carbocycles. The van der Waals surface area contributed by atoms with Gasteiger partial charge in [-0.3, -0.25) is 9.59 Å². The van der Waals surface area contributed by atoms with Crippen LogP contribution in [0.4, 0.5) is 0 Å². The molecule has 14 heteroatoms. The van der Waals surface area contributed by atoms with Crippen LogP contribution in [0.1, 0.15) is 82.1 Å².